The number of esters is 1. The Hall–Kier alpha value is -2.87. The maximum atomic E-state index is 13.1. The summed E-state index contributed by atoms with van der Waals surface area (Å²) in [5.74, 6) is 0.280. The van der Waals surface area contributed by atoms with Crippen LogP contribution in [0.3, 0.4) is 0 Å². The first-order chi connectivity index (χ1) is 14.3. The highest BCUT2D eigenvalue weighted by Gasteiger charge is 2.27. The van der Waals surface area contributed by atoms with Crippen LogP contribution < -0.4 is 0 Å². The van der Waals surface area contributed by atoms with Gasteiger partial charge in [0, 0.05) is 5.69 Å². The van der Waals surface area contributed by atoms with E-state index in [0.717, 1.165) is 11.4 Å². The lowest BCUT2D eigenvalue weighted by Crippen LogP contribution is -2.17. The smallest absolute Gasteiger partial charge is 0.340 e. The van der Waals surface area contributed by atoms with Gasteiger partial charge in [-0.25, -0.2) is 4.79 Å². The molecule has 7 nitrogen and oxygen atoms in total. The summed E-state index contributed by atoms with van der Waals surface area (Å²) in [7, 11) is 0. The first-order valence-electron chi connectivity index (χ1n) is 9.84. The molecule has 0 spiro atoms. The number of Topliss-reactive ketones (excluding diaryl/α,β-unsaturated/α-hetero) is 1. The van der Waals surface area contributed by atoms with Crippen LogP contribution in [0.5, 0.6) is 0 Å². The molecule has 3 aromatic rings. The molecule has 0 saturated heterocycles. The number of carbonyl (C=O) groups is 2. The van der Waals surface area contributed by atoms with Crippen LogP contribution >= 0.6 is 11.8 Å². The summed E-state index contributed by atoms with van der Waals surface area (Å²) in [6.07, 6.45) is 0. The average Bonchev–Trinajstić information content (AvgIpc) is 3.21. The van der Waals surface area contributed by atoms with Crippen LogP contribution in [0, 0.1) is 20.8 Å². The molecular formula is C22H26N4O3S. The third-order valence-electron chi connectivity index (χ3n) is 4.90. The number of H-pyrrole nitrogens is 1. The van der Waals surface area contributed by atoms with Crippen molar-refractivity contribution < 1.29 is 14.3 Å². The lowest BCUT2D eigenvalue weighted by molar-refractivity contribution is 0.0525. The number of nitrogens with zero attached hydrogens (tertiary/aromatic N) is 3. The number of thioether (sulfide) groups is 1. The number of carbonyl (C=O) groups excluding carboxylic acids is 2. The molecule has 0 aliphatic heterocycles. The fourth-order valence-electron chi connectivity index (χ4n) is 3.32. The predicted octanol–water partition coefficient (Wildman–Crippen LogP) is 4.12. The monoisotopic (exact) mass is 426 g/mol. The highest BCUT2D eigenvalue weighted by Crippen LogP contribution is 2.28. The van der Waals surface area contributed by atoms with Gasteiger partial charge in [0.15, 0.2) is 10.9 Å². The zero-order valence-corrected chi connectivity index (χ0v) is 18.7. The normalized spacial score (nSPS) is 12.0. The fraction of sp³-hybridized carbons (Fsp3) is 0.364. The first-order valence-corrected chi connectivity index (χ1v) is 10.7. The molecule has 1 atom stereocenters. The van der Waals surface area contributed by atoms with Crippen molar-refractivity contribution in [3.63, 3.8) is 0 Å². The van der Waals surface area contributed by atoms with Gasteiger partial charge < -0.3 is 14.3 Å². The van der Waals surface area contributed by atoms with E-state index in [1.165, 1.54) is 11.8 Å². The Morgan fingerprint density at radius 2 is 1.87 bits per heavy atom. The van der Waals surface area contributed by atoms with Crippen LogP contribution in [0.15, 0.2) is 35.5 Å². The minimum atomic E-state index is -0.415. The maximum Gasteiger partial charge on any atom is 0.340 e. The molecule has 30 heavy (non-hydrogen) atoms. The molecule has 2 aromatic heterocycles. The summed E-state index contributed by atoms with van der Waals surface area (Å²) < 4.78 is 7.12. The number of rotatable bonds is 8. The number of hydrogen-bond donors (Lipinski definition) is 1. The van der Waals surface area contributed by atoms with Crippen LogP contribution in [-0.2, 0) is 11.3 Å². The van der Waals surface area contributed by atoms with Crippen molar-refractivity contribution in [2.45, 2.75) is 51.6 Å². The Labute approximate surface area is 180 Å². The van der Waals surface area contributed by atoms with Crippen LogP contribution in [0.2, 0.25) is 0 Å². The van der Waals surface area contributed by atoms with Gasteiger partial charge in [-0.05, 0) is 45.7 Å². The average molecular weight is 427 g/mol. The second-order valence-corrected chi connectivity index (χ2v) is 8.38. The van der Waals surface area contributed by atoms with Crippen LogP contribution in [-0.4, -0.2) is 43.4 Å². The Kier molecular flexibility index (Phi) is 6.77. The van der Waals surface area contributed by atoms with E-state index >= 15 is 0 Å². The van der Waals surface area contributed by atoms with Crippen LogP contribution in [0.4, 0.5) is 0 Å². The molecule has 0 aliphatic rings. The van der Waals surface area contributed by atoms with E-state index in [2.05, 4.69) is 15.2 Å². The lowest BCUT2D eigenvalue weighted by Gasteiger charge is -2.12. The Balaban J connectivity index is 1.81. The van der Waals surface area contributed by atoms with Gasteiger partial charge in [0.2, 0.25) is 0 Å². The van der Waals surface area contributed by atoms with Crippen molar-refractivity contribution in [1.29, 1.82) is 0 Å². The highest BCUT2D eigenvalue weighted by atomic mass is 32.2. The lowest BCUT2D eigenvalue weighted by atomic mass is 10.1. The Morgan fingerprint density at radius 3 is 2.53 bits per heavy atom. The van der Waals surface area contributed by atoms with E-state index in [9.17, 15) is 9.59 Å². The molecule has 0 aliphatic carbocycles. The van der Waals surface area contributed by atoms with Gasteiger partial charge in [0.1, 0.15) is 5.82 Å². The molecular weight excluding hydrogens is 400 g/mol. The first kappa shape index (κ1) is 21.8. The number of ether oxygens (including phenoxy) is 1. The molecule has 2 heterocycles. The Bertz CT molecular complexity index is 1060. The highest BCUT2D eigenvalue weighted by molar-refractivity contribution is 8.00. The molecule has 0 radical (unpaired) electrons. The van der Waals surface area contributed by atoms with Gasteiger partial charge in [-0.2, -0.15) is 0 Å². The molecule has 3 rings (SSSR count). The molecule has 0 fully saturated rings. The van der Waals surface area contributed by atoms with E-state index in [4.69, 9.17) is 4.74 Å². The van der Waals surface area contributed by atoms with Gasteiger partial charge in [-0.15, -0.1) is 10.2 Å². The quantitative estimate of drug-likeness (QED) is 0.331. The minimum absolute atomic E-state index is 0.0944. The summed E-state index contributed by atoms with van der Waals surface area (Å²) in [6, 6.07) is 10.1. The Morgan fingerprint density at radius 1 is 1.17 bits per heavy atom. The number of benzene rings is 1. The second kappa shape index (κ2) is 9.30. The van der Waals surface area contributed by atoms with Crippen molar-refractivity contribution in [3.05, 3.63) is 64.2 Å². The molecule has 1 N–H and O–H groups in total. The zero-order chi connectivity index (χ0) is 21.8. The number of aryl methyl sites for hydroxylation is 2. The largest absolute Gasteiger partial charge is 0.462 e. The molecule has 0 bridgehead atoms. The van der Waals surface area contributed by atoms with Gasteiger partial charge in [0.05, 0.1) is 29.7 Å². The predicted molar refractivity (Wildman–Crippen MR) is 116 cm³/mol. The van der Waals surface area contributed by atoms with Crippen molar-refractivity contribution in [2.75, 3.05) is 6.61 Å². The third kappa shape index (κ3) is 4.48. The van der Waals surface area contributed by atoms with E-state index in [1.807, 2.05) is 48.7 Å². The van der Waals surface area contributed by atoms with Gasteiger partial charge in [-0.1, -0.05) is 42.1 Å². The van der Waals surface area contributed by atoms with E-state index in [1.54, 1.807) is 20.8 Å². The molecule has 158 valence electrons. The van der Waals surface area contributed by atoms with E-state index in [-0.39, 0.29) is 12.4 Å². The standard InChI is InChI=1S/C22H26N4O3S/c1-6-29-21(28)18-13(2)19(23-14(18)3)20(27)15(4)30-22-25-24-16(5)26(22)12-17-10-8-7-9-11-17/h7-11,15,23H,6,12H2,1-5H3. The topological polar surface area (TPSA) is 89.9 Å². The third-order valence-corrected chi connectivity index (χ3v) is 5.98. The van der Waals surface area contributed by atoms with Crippen LogP contribution in [0.1, 0.15) is 57.3 Å². The minimum Gasteiger partial charge on any atom is -0.462 e. The SMILES string of the molecule is CCOC(=O)c1c(C)[nH]c(C(=O)C(C)Sc2nnc(C)n2Cc2ccccc2)c1C. The number of hydrogen-bond acceptors (Lipinski definition) is 6. The van der Waals surface area contributed by atoms with Gasteiger partial charge >= 0.3 is 5.97 Å². The maximum absolute atomic E-state index is 13.1. The van der Waals surface area contributed by atoms with E-state index < -0.39 is 11.2 Å². The van der Waals surface area contributed by atoms with E-state index in [0.29, 0.717) is 34.2 Å². The fourth-order valence-corrected chi connectivity index (χ4v) is 4.27. The van der Waals surface area contributed by atoms with Crippen molar-refractivity contribution in [2.24, 2.45) is 0 Å². The summed E-state index contributed by atoms with van der Waals surface area (Å²) in [5, 5.41) is 8.73. The number of ketones is 1. The number of aromatic nitrogens is 4. The second-order valence-electron chi connectivity index (χ2n) is 7.07. The summed E-state index contributed by atoms with van der Waals surface area (Å²) in [4.78, 5) is 28.4. The molecule has 1 aromatic carbocycles. The number of aromatic amines is 1. The summed E-state index contributed by atoms with van der Waals surface area (Å²) in [5.41, 5.74) is 3.25. The van der Waals surface area contributed by atoms with Crippen molar-refractivity contribution in [1.82, 2.24) is 19.7 Å². The van der Waals surface area contributed by atoms with Gasteiger partial charge in [0.25, 0.3) is 0 Å². The van der Waals surface area contributed by atoms with Gasteiger partial charge in [-0.3, -0.25) is 4.79 Å². The molecule has 1 unspecified atom stereocenters. The summed E-state index contributed by atoms with van der Waals surface area (Å²) in [6.45, 7) is 9.95. The molecule has 0 amide bonds. The molecule has 8 heteroatoms. The van der Waals surface area contributed by atoms with Crippen molar-refractivity contribution >= 4 is 23.5 Å². The van der Waals surface area contributed by atoms with Crippen LogP contribution in [0.25, 0.3) is 0 Å². The summed E-state index contributed by atoms with van der Waals surface area (Å²) >= 11 is 1.36. The zero-order valence-electron chi connectivity index (χ0n) is 17.9. The number of nitrogens with one attached hydrogen (secondary N) is 1. The van der Waals surface area contributed by atoms with Crippen molar-refractivity contribution in [3.8, 4) is 0 Å². The molecule has 0 saturated carbocycles.